The minimum atomic E-state index is -1.08. The van der Waals surface area contributed by atoms with Gasteiger partial charge in [0.15, 0.2) is 0 Å². The van der Waals surface area contributed by atoms with Crippen molar-refractivity contribution in [1.29, 1.82) is 0 Å². The topological polar surface area (TPSA) is 60.4 Å². The Balaban J connectivity index is -0.000000327. The van der Waals surface area contributed by atoms with Crippen molar-refractivity contribution in [2.24, 2.45) is 10.8 Å². The molecular formula is C13H24AuO4-2. The summed E-state index contributed by atoms with van der Waals surface area (Å²) in [6.07, 6.45) is 0. The van der Waals surface area contributed by atoms with E-state index in [4.69, 9.17) is 0 Å². The fraction of sp³-hybridized carbons (Fsp3) is 0.615. The van der Waals surface area contributed by atoms with E-state index in [1.807, 2.05) is 0 Å². The Kier molecular flexibility index (Phi) is 12.5. The fourth-order valence-corrected chi connectivity index (χ4v) is 0.590. The van der Waals surface area contributed by atoms with Gasteiger partial charge in [-0.15, -0.1) is 0 Å². The van der Waals surface area contributed by atoms with Gasteiger partial charge in [-0.1, -0.05) is 20.8 Å². The molecule has 5 heteroatoms. The number of carbonyl (C=O) groups excluding carboxylic acids is 3. The second kappa shape index (κ2) is 8.62. The van der Waals surface area contributed by atoms with Gasteiger partial charge >= 0.3 is 11.9 Å². The van der Waals surface area contributed by atoms with Crippen LogP contribution in [0.1, 0.15) is 41.5 Å². The third kappa shape index (κ3) is 8.61. The fourth-order valence-electron chi connectivity index (χ4n) is 0.590. The van der Waals surface area contributed by atoms with Gasteiger partial charge in [0, 0.05) is 27.8 Å². The van der Waals surface area contributed by atoms with Gasteiger partial charge in [-0.2, -0.15) is 0 Å². The Labute approximate surface area is 126 Å². The molecule has 0 unspecified atom stereocenters. The third-order valence-corrected chi connectivity index (χ3v) is 1.66. The molecule has 0 aromatic heterocycles. The maximum Gasteiger partial charge on any atom is 0.382 e. The van der Waals surface area contributed by atoms with E-state index in [-0.39, 0.29) is 37.2 Å². The summed E-state index contributed by atoms with van der Waals surface area (Å²) in [6.45, 7) is 9.63. The molecule has 0 bridgehead atoms. The Morgan fingerprint density at radius 3 is 1.33 bits per heavy atom. The van der Waals surface area contributed by atoms with Crippen molar-refractivity contribution >= 4 is 17.7 Å². The molecule has 4 nitrogen and oxygen atoms in total. The smallest absolute Gasteiger partial charge is 0.382 e. The van der Waals surface area contributed by atoms with E-state index in [0.717, 1.165) is 0 Å². The maximum atomic E-state index is 11.4. The standard InChI is InChI=1S/C11H18O4.2CH3.Au/c1-10(2,3)7(12)8(13)15-9(14)11(4,5)6;;;/h1-6H3;2*1H3;/q;2*-1;. The second-order valence-electron chi connectivity index (χ2n) is 5.51. The van der Waals surface area contributed by atoms with Gasteiger partial charge in [0.1, 0.15) is 0 Å². The van der Waals surface area contributed by atoms with Crippen LogP contribution in [0.2, 0.25) is 0 Å². The summed E-state index contributed by atoms with van der Waals surface area (Å²) in [4.78, 5) is 34.0. The average molecular weight is 441 g/mol. The zero-order chi connectivity index (χ0) is 12.4. The number of hydrogen-bond acceptors (Lipinski definition) is 4. The Morgan fingerprint density at radius 1 is 0.778 bits per heavy atom. The van der Waals surface area contributed by atoms with E-state index < -0.39 is 28.6 Å². The van der Waals surface area contributed by atoms with Gasteiger partial charge in [0.2, 0.25) is 5.78 Å². The number of esters is 2. The number of carbonyl (C=O) groups is 3. The molecule has 0 fully saturated rings. The largest absolute Gasteiger partial charge is 0.387 e. The maximum absolute atomic E-state index is 11.4. The van der Waals surface area contributed by atoms with Crippen LogP contribution >= 0.6 is 0 Å². The number of ketones is 1. The van der Waals surface area contributed by atoms with Gasteiger partial charge in [0.25, 0.3) is 0 Å². The Hall–Kier alpha value is -0.450. The van der Waals surface area contributed by atoms with Crippen LogP contribution in [0.25, 0.3) is 0 Å². The van der Waals surface area contributed by atoms with E-state index >= 15 is 0 Å². The van der Waals surface area contributed by atoms with Crippen molar-refractivity contribution in [2.45, 2.75) is 41.5 Å². The van der Waals surface area contributed by atoms with Crippen molar-refractivity contribution in [3.05, 3.63) is 14.9 Å². The first-order valence-corrected chi connectivity index (χ1v) is 4.77. The second-order valence-corrected chi connectivity index (χ2v) is 5.51. The van der Waals surface area contributed by atoms with Gasteiger partial charge in [-0.25, -0.2) is 4.79 Å². The van der Waals surface area contributed by atoms with E-state index in [1.54, 1.807) is 41.5 Å². The van der Waals surface area contributed by atoms with Crippen LogP contribution in [-0.2, 0) is 41.5 Å². The molecule has 0 aromatic carbocycles. The molecule has 0 N–H and O–H groups in total. The number of ether oxygens (including phenoxy) is 1. The van der Waals surface area contributed by atoms with Crippen molar-refractivity contribution in [3.8, 4) is 0 Å². The van der Waals surface area contributed by atoms with Crippen LogP contribution in [0.3, 0.4) is 0 Å². The molecule has 0 rings (SSSR count). The van der Waals surface area contributed by atoms with Crippen LogP contribution in [0.15, 0.2) is 0 Å². The van der Waals surface area contributed by atoms with Gasteiger partial charge in [0.05, 0.1) is 5.41 Å². The molecular weight excluding hydrogens is 417 g/mol. The molecule has 0 amide bonds. The van der Waals surface area contributed by atoms with Crippen molar-refractivity contribution in [3.63, 3.8) is 0 Å². The van der Waals surface area contributed by atoms with Crippen molar-refractivity contribution in [1.82, 2.24) is 0 Å². The Morgan fingerprint density at radius 2 is 1.11 bits per heavy atom. The molecule has 113 valence electrons. The summed E-state index contributed by atoms with van der Waals surface area (Å²) in [5.74, 6) is -2.47. The summed E-state index contributed by atoms with van der Waals surface area (Å²) >= 11 is 0. The quantitative estimate of drug-likeness (QED) is 0.206. The minimum absolute atomic E-state index is 0. The van der Waals surface area contributed by atoms with E-state index in [1.165, 1.54) is 0 Å². The van der Waals surface area contributed by atoms with E-state index in [0.29, 0.717) is 0 Å². The minimum Gasteiger partial charge on any atom is -0.387 e. The van der Waals surface area contributed by atoms with Crippen molar-refractivity contribution < 1.29 is 41.5 Å². The summed E-state index contributed by atoms with van der Waals surface area (Å²) in [5.41, 5.74) is -1.61. The average Bonchev–Trinajstić information content (AvgIpc) is 1.99. The molecule has 1 radical (unpaired) electrons. The molecule has 0 aliphatic rings. The molecule has 0 atom stereocenters. The number of rotatable bonds is 1. The zero-order valence-electron chi connectivity index (χ0n) is 12.4. The van der Waals surface area contributed by atoms with Gasteiger partial charge in [-0.3, -0.25) is 9.59 Å². The van der Waals surface area contributed by atoms with Gasteiger partial charge < -0.3 is 19.6 Å². The molecule has 18 heavy (non-hydrogen) atoms. The summed E-state index contributed by atoms with van der Waals surface area (Å²) in [5, 5.41) is 0. The van der Waals surface area contributed by atoms with Gasteiger partial charge in [-0.05, 0) is 20.8 Å². The molecule has 0 saturated carbocycles. The van der Waals surface area contributed by atoms with E-state index in [2.05, 4.69) is 4.74 Å². The SMILES string of the molecule is CC(C)(C)C(=O)OC(=O)C(=O)C(C)(C)C.[Au].[CH3-].[CH3-]. The van der Waals surface area contributed by atoms with Crippen LogP contribution in [0.4, 0.5) is 0 Å². The van der Waals surface area contributed by atoms with Crippen LogP contribution < -0.4 is 0 Å². The molecule has 0 aliphatic carbocycles. The first-order chi connectivity index (χ1) is 6.46. The molecule has 0 aromatic rings. The summed E-state index contributed by atoms with van der Waals surface area (Å²) in [6, 6.07) is 0. The zero-order valence-corrected chi connectivity index (χ0v) is 14.6. The van der Waals surface area contributed by atoms with Crippen LogP contribution in [0, 0.1) is 25.7 Å². The molecule has 0 aliphatic heterocycles. The van der Waals surface area contributed by atoms with Crippen LogP contribution in [0.5, 0.6) is 0 Å². The summed E-state index contributed by atoms with van der Waals surface area (Å²) in [7, 11) is 0. The summed E-state index contributed by atoms with van der Waals surface area (Å²) < 4.78 is 4.48. The molecule has 0 spiro atoms. The number of hydrogen-bond donors (Lipinski definition) is 0. The van der Waals surface area contributed by atoms with Crippen LogP contribution in [-0.4, -0.2) is 17.7 Å². The van der Waals surface area contributed by atoms with E-state index in [9.17, 15) is 14.4 Å². The predicted octanol–water partition coefficient (Wildman–Crippen LogP) is 2.62. The van der Waals surface area contributed by atoms with Crippen molar-refractivity contribution in [2.75, 3.05) is 0 Å². The normalized spacial score (nSPS) is 10.1. The predicted molar refractivity (Wildman–Crippen MR) is 67.8 cm³/mol. The molecule has 0 saturated heterocycles. The first kappa shape index (κ1) is 26.2. The molecule has 0 heterocycles. The third-order valence-electron chi connectivity index (χ3n) is 1.66. The first-order valence-electron chi connectivity index (χ1n) is 4.77. The Bertz CT molecular complexity index is 295. The number of Topliss-reactive ketones (excluding diaryl/α,β-unsaturated/α-hetero) is 1. The monoisotopic (exact) mass is 441 g/mol.